The molecule has 2 aromatic rings. The first-order valence-corrected chi connectivity index (χ1v) is 8.98. The molecule has 3 N–H and O–H groups in total. The average molecular weight is 395 g/mol. The van der Waals surface area contributed by atoms with Crippen LogP contribution in [0.15, 0.2) is 69.7 Å². The number of nitrogens with one attached hydrogen (secondary N) is 1. The number of ketones is 1. The number of primary sulfonamides is 1. The second-order valence-electron chi connectivity index (χ2n) is 4.86. The van der Waals surface area contributed by atoms with Crippen LogP contribution in [0, 0.1) is 0 Å². The van der Waals surface area contributed by atoms with Crippen molar-refractivity contribution in [3.05, 3.63) is 70.3 Å². The highest BCUT2D eigenvalue weighted by Crippen LogP contribution is 2.21. The van der Waals surface area contributed by atoms with Crippen LogP contribution >= 0.6 is 15.9 Å². The van der Waals surface area contributed by atoms with Crippen molar-refractivity contribution in [2.45, 2.75) is 11.8 Å². The van der Waals surface area contributed by atoms with Crippen LogP contribution in [0.5, 0.6) is 0 Å². The summed E-state index contributed by atoms with van der Waals surface area (Å²) in [7, 11) is -3.84. The Bertz CT molecular complexity index is 859. The Hall–Kier alpha value is -1.96. The van der Waals surface area contributed by atoms with Gasteiger partial charge in [-0.1, -0.05) is 28.1 Å². The van der Waals surface area contributed by atoms with E-state index in [2.05, 4.69) is 21.2 Å². The van der Waals surface area contributed by atoms with E-state index in [1.165, 1.54) is 12.1 Å². The molecule has 120 valence electrons. The van der Waals surface area contributed by atoms with Gasteiger partial charge >= 0.3 is 0 Å². The summed E-state index contributed by atoms with van der Waals surface area (Å²) < 4.78 is 24.0. The van der Waals surface area contributed by atoms with Crippen LogP contribution in [-0.2, 0) is 10.0 Å². The molecule has 0 amide bonds. The normalized spacial score (nSPS) is 12.0. The second kappa shape index (κ2) is 7.08. The van der Waals surface area contributed by atoms with Gasteiger partial charge in [0.2, 0.25) is 10.0 Å². The first kappa shape index (κ1) is 17.4. The summed E-state index contributed by atoms with van der Waals surface area (Å²) in [6.07, 6.45) is 1.41. The van der Waals surface area contributed by atoms with Gasteiger partial charge in [0.25, 0.3) is 0 Å². The number of carbonyl (C=O) groups excluding carboxylic acids is 1. The number of halogens is 1. The minimum atomic E-state index is -3.84. The van der Waals surface area contributed by atoms with E-state index < -0.39 is 10.0 Å². The number of nitrogens with two attached hydrogens (primary N) is 1. The molecule has 0 aromatic heterocycles. The van der Waals surface area contributed by atoms with Crippen molar-refractivity contribution < 1.29 is 13.2 Å². The number of benzene rings is 2. The molecule has 0 saturated carbocycles. The van der Waals surface area contributed by atoms with E-state index in [0.29, 0.717) is 16.9 Å². The smallest absolute Gasteiger partial charge is 0.240 e. The van der Waals surface area contributed by atoms with Crippen LogP contribution in [0.2, 0.25) is 0 Å². The van der Waals surface area contributed by atoms with Crippen molar-refractivity contribution in [2.24, 2.45) is 5.14 Å². The predicted octanol–water partition coefficient (Wildman–Crippen LogP) is 3.30. The summed E-state index contributed by atoms with van der Waals surface area (Å²) in [6.45, 7) is 1.68. The molecule has 0 aliphatic rings. The molecule has 0 unspecified atom stereocenters. The Morgan fingerprint density at radius 3 is 2.35 bits per heavy atom. The number of hydrogen-bond acceptors (Lipinski definition) is 4. The third-order valence-corrected chi connectivity index (χ3v) is 4.50. The molecule has 5 nitrogen and oxygen atoms in total. The number of allylic oxidation sites excluding steroid dienone is 2. The van der Waals surface area contributed by atoms with Crippen LogP contribution in [0.3, 0.4) is 0 Å². The molecule has 0 atom stereocenters. The summed E-state index contributed by atoms with van der Waals surface area (Å²) in [5.74, 6) is -0.185. The van der Waals surface area contributed by atoms with Gasteiger partial charge in [-0.25, -0.2) is 13.6 Å². The third-order valence-electron chi connectivity index (χ3n) is 3.00. The van der Waals surface area contributed by atoms with Gasteiger partial charge in [0.15, 0.2) is 5.78 Å². The van der Waals surface area contributed by atoms with E-state index in [1.807, 2.05) is 0 Å². The highest BCUT2D eigenvalue weighted by Gasteiger charge is 2.13. The van der Waals surface area contributed by atoms with Crippen molar-refractivity contribution in [3.63, 3.8) is 0 Å². The third kappa shape index (κ3) is 4.75. The van der Waals surface area contributed by atoms with Crippen LogP contribution in [0.25, 0.3) is 0 Å². The van der Waals surface area contributed by atoms with Crippen molar-refractivity contribution in [3.8, 4) is 0 Å². The number of para-hydroxylation sites is 1. The van der Waals surface area contributed by atoms with Gasteiger partial charge in [0, 0.05) is 21.8 Å². The highest BCUT2D eigenvalue weighted by molar-refractivity contribution is 9.10. The molecule has 0 saturated heterocycles. The quantitative estimate of drug-likeness (QED) is 0.601. The summed E-state index contributed by atoms with van der Waals surface area (Å²) in [5.41, 5.74) is 1.37. The molecule has 0 fully saturated rings. The van der Waals surface area contributed by atoms with Gasteiger partial charge in [0.05, 0.1) is 5.69 Å². The molecule has 23 heavy (non-hydrogen) atoms. The van der Waals surface area contributed by atoms with E-state index in [-0.39, 0.29) is 10.7 Å². The fraction of sp³-hybridized carbons (Fsp3) is 0.0625. The molecule has 0 spiro atoms. The lowest BCUT2D eigenvalue weighted by Crippen LogP contribution is -2.14. The lowest BCUT2D eigenvalue weighted by Gasteiger charge is -2.10. The molecular weight excluding hydrogens is 380 g/mol. The molecule has 7 heteroatoms. The highest BCUT2D eigenvalue weighted by atomic mass is 79.9. The van der Waals surface area contributed by atoms with Gasteiger partial charge in [-0.15, -0.1) is 0 Å². The molecule has 0 aliphatic heterocycles. The summed E-state index contributed by atoms with van der Waals surface area (Å²) in [5, 5.41) is 8.08. The topological polar surface area (TPSA) is 89.3 Å². The number of sulfonamides is 1. The molecule has 2 aromatic carbocycles. The lowest BCUT2D eigenvalue weighted by molar-refractivity contribution is 0.104. The summed E-state index contributed by atoms with van der Waals surface area (Å²) >= 11 is 3.31. The Kier molecular flexibility index (Phi) is 5.35. The SMILES string of the molecule is C/C(=C/C(=O)c1ccc(Br)cc1)Nc1ccccc1S(N)(=O)=O. The van der Waals surface area contributed by atoms with Crippen LogP contribution in [0.4, 0.5) is 5.69 Å². The summed E-state index contributed by atoms with van der Waals surface area (Å²) in [6, 6.07) is 13.2. The zero-order valence-electron chi connectivity index (χ0n) is 12.3. The predicted molar refractivity (Wildman–Crippen MR) is 93.7 cm³/mol. The molecule has 0 bridgehead atoms. The van der Waals surface area contributed by atoms with Crippen molar-refractivity contribution in [1.29, 1.82) is 0 Å². The molecule has 0 aliphatic carbocycles. The largest absolute Gasteiger partial charge is 0.358 e. The van der Waals surface area contributed by atoms with Gasteiger partial charge in [0.1, 0.15) is 4.90 Å². The Balaban J connectivity index is 2.24. The standard InChI is InChI=1S/C16H15BrN2O3S/c1-11(10-15(20)12-6-8-13(17)9-7-12)19-14-4-2-3-5-16(14)23(18,21)22/h2-10,19H,1H3,(H2,18,21,22)/b11-10-. The molecule has 2 rings (SSSR count). The minimum absolute atomic E-state index is 0.0242. The molecule has 0 radical (unpaired) electrons. The first-order chi connectivity index (χ1) is 10.8. The van der Waals surface area contributed by atoms with E-state index in [4.69, 9.17) is 5.14 Å². The lowest BCUT2D eigenvalue weighted by atomic mass is 10.1. The Labute approximate surface area is 143 Å². The van der Waals surface area contributed by atoms with E-state index in [0.717, 1.165) is 4.47 Å². The number of carbonyl (C=O) groups is 1. The monoisotopic (exact) mass is 394 g/mol. The van der Waals surface area contributed by atoms with E-state index >= 15 is 0 Å². The van der Waals surface area contributed by atoms with Gasteiger partial charge in [-0.3, -0.25) is 4.79 Å². The zero-order valence-corrected chi connectivity index (χ0v) is 14.7. The van der Waals surface area contributed by atoms with E-state index in [1.54, 1.807) is 49.4 Å². The fourth-order valence-corrected chi connectivity index (χ4v) is 2.92. The fourth-order valence-electron chi connectivity index (χ4n) is 1.96. The minimum Gasteiger partial charge on any atom is -0.358 e. The maximum atomic E-state index is 12.2. The number of anilines is 1. The Morgan fingerprint density at radius 2 is 1.74 bits per heavy atom. The average Bonchev–Trinajstić information content (AvgIpc) is 2.47. The van der Waals surface area contributed by atoms with Gasteiger partial charge in [-0.2, -0.15) is 0 Å². The van der Waals surface area contributed by atoms with Crippen molar-refractivity contribution in [1.82, 2.24) is 0 Å². The first-order valence-electron chi connectivity index (χ1n) is 6.64. The molecular formula is C16H15BrN2O3S. The van der Waals surface area contributed by atoms with E-state index in [9.17, 15) is 13.2 Å². The number of rotatable bonds is 5. The van der Waals surface area contributed by atoms with Crippen molar-refractivity contribution in [2.75, 3.05) is 5.32 Å². The van der Waals surface area contributed by atoms with Crippen LogP contribution in [-0.4, -0.2) is 14.2 Å². The maximum Gasteiger partial charge on any atom is 0.240 e. The Morgan fingerprint density at radius 1 is 1.13 bits per heavy atom. The molecule has 0 heterocycles. The second-order valence-corrected chi connectivity index (χ2v) is 7.31. The number of hydrogen-bond donors (Lipinski definition) is 2. The van der Waals surface area contributed by atoms with Gasteiger partial charge in [-0.05, 0) is 43.3 Å². The van der Waals surface area contributed by atoms with Crippen LogP contribution in [0.1, 0.15) is 17.3 Å². The van der Waals surface area contributed by atoms with Crippen molar-refractivity contribution >= 4 is 37.4 Å². The maximum absolute atomic E-state index is 12.2. The van der Waals surface area contributed by atoms with Gasteiger partial charge < -0.3 is 5.32 Å². The summed E-state index contributed by atoms with van der Waals surface area (Å²) in [4.78, 5) is 12.1. The van der Waals surface area contributed by atoms with Crippen LogP contribution < -0.4 is 10.5 Å². The zero-order chi connectivity index (χ0) is 17.0.